The standard InChI is InChI=1S/C20H26N2O4S/c1-11(2)17(27)18(23)21-14-10-12-6-3-4-7-13(12)15-8-5-9-16(20(25)26)22(15)19(14)24/h3-4,6-7,11,14-17,27H,5,8-10H2,1-2H3,(H,21,23)(H,25,26)/t14-,15?,16-,17-/m0/s1. The van der Waals surface area contributed by atoms with Crippen molar-refractivity contribution in [3.63, 3.8) is 0 Å². The van der Waals surface area contributed by atoms with Crippen LogP contribution in [0.3, 0.4) is 0 Å². The first-order valence-electron chi connectivity index (χ1n) is 9.42. The summed E-state index contributed by atoms with van der Waals surface area (Å²) in [4.78, 5) is 39.1. The molecule has 2 aliphatic rings. The van der Waals surface area contributed by atoms with Gasteiger partial charge >= 0.3 is 5.97 Å². The molecular formula is C20H26N2O4S. The van der Waals surface area contributed by atoms with Crippen molar-refractivity contribution in [2.75, 3.05) is 0 Å². The van der Waals surface area contributed by atoms with E-state index in [-0.39, 0.29) is 23.8 Å². The Morgan fingerprint density at radius 2 is 1.96 bits per heavy atom. The van der Waals surface area contributed by atoms with Gasteiger partial charge in [0.2, 0.25) is 11.8 Å². The molecule has 0 saturated carbocycles. The number of fused-ring (bicyclic) bond motifs is 3. The molecule has 2 aliphatic heterocycles. The molecule has 1 unspecified atom stereocenters. The molecule has 6 nitrogen and oxygen atoms in total. The summed E-state index contributed by atoms with van der Waals surface area (Å²) in [6.07, 6.45) is 2.28. The number of hydrogen-bond acceptors (Lipinski definition) is 4. The lowest BCUT2D eigenvalue weighted by molar-refractivity contribution is -0.156. The number of aliphatic carboxylic acids is 1. The van der Waals surface area contributed by atoms with Crippen LogP contribution in [0.5, 0.6) is 0 Å². The molecule has 0 aromatic heterocycles. The van der Waals surface area contributed by atoms with Crippen molar-refractivity contribution in [1.82, 2.24) is 10.2 Å². The van der Waals surface area contributed by atoms with Gasteiger partial charge < -0.3 is 15.3 Å². The SMILES string of the molecule is CC(C)[C@H](S)C(=O)N[C@H]1Cc2ccccc2C2CCC[C@@H](C(=O)O)N2C1=O. The zero-order valence-corrected chi connectivity index (χ0v) is 16.5. The highest BCUT2D eigenvalue weighted by molar-refractivity contribution is 7.81. The average molecular weight is 391 g/mol. The van der Waals surface area contributed by atoms with E-state index in [4.69, 9.17) is 0 Å². The quantitative estimate of drug-likeness (QED) is 0.688. The van der Waals surface area contributed by atoms with Gasteiger partial charge in [0.05, 0.1) is 11.3 Å². The fourth-order valence-corrected chi connectivity index (χ4v) is 4.13. The molecule has 4 atom stereocenters. The maximum atomic E-state index is 13.3. The summed E-state index contributed by atoms with van der Waals surface area (Å²) in [6.45, 7) is 3.78. The van der Waals surface area contributed by atoms with Crippen LogP contribution >= 0.6 is 12.6 Å². The van der Waals surface area contributed by atoms with Crippen LogP contribution in [0.2, 0.25) is 0 Å². The van der Waals surface area contributed by atoms with Crippen molar-refractivity contribution < 1.29 is 19.5 Å². The van der Waals surface area contributed by atoms with E-state index in [1.165, 1.54) is 4.90 Å². The maximum absolute atomic E-state index is 13.3. The zero-order valence-electron chi connectivity index (χ0n) is 15.6. The van der Waals surface area contributed by atoms with E-state index in [1.54, 1.807) is 0 Å². The van der Waals surface area contributed by atoms with Crippen LogP contribution in [0, 0.1) is 5.92 Å². The monoisotopic (exact) mass is 390 g/mol. The molecule has 146 valence electrons. The minimum atomic E-state index is -0.994. The predicted octanol–water partition coefficient (Wildman–Crippen LogP) is 2.19. The number of carbonyl (C=O) groups is 3. The van der Waals surface area contributed by atoms with Crippen molar-refractivity contribution in [3.05, 3.63) is 35.4 Å². The molecule has 0 spiro atoms. The molecule has 1 aromatic rings. The first-order chi connectivity index (χ1) is 12.8. The zero-order chi connectivity index (χ0) is 19.7. The summed E-state index contributed by atoms with van der Waals surface area (Å²) in [5.41, 5.74) is 1.97. The van der Waals surface area contributed by atoms with E-state index in [0.717, 1.165) is 24.0 Å². The van der Waals surface area contributed by atoms with E-state index < -0.39 is 23.3 Å². The van der Waals surface area contributed by atoms with Crippen LogP contribution in [-0.4, -0.2) is 45.1 Å². The van der Waals surface area contributed by atoms with Crippen LogP contribution in [0.4, 0.5) is 0 Å². The first-order valence-corrected chi connectivity index (χ1v) is 9.94. The Labute approximate surface area is 164 Å². The minimum Gasteiger partial charge on any atom is -0.480 e. The highest BCUT2D eigenvalue weighted by Crippen LogP contribution is 2.39. The van der Waals surface area contributed by atoms with E-state index in [9.17, 15) is 19.5 Å². The van der Waals surface area contributed by atoms with Crippen LogP contribution in [0.25, 0.3) is 0 Å². The molecule has 2 heterocycles. The predicted molar refractivity (Wildman–Crippen MR) is 105 cm³/mol. The molecule has 1 saturated heterocycles. The molecular weight excluding hydrogens is 364 g/mol. The van der Waals surface area contributed by atoms with Crippen molar-refractivity contribution in [2.24, 2.45) is 5.92 Å². The summed E-state index contributed by atoms with van der Waals surface area (Å²) in [5.74, 6) is -1.59. The summed E-state index contributed by atoms with van der Waals surface area (Å²) >= 11 is 4.34. The number of hydrogen-bond donors (Lipinski definition) is 3. The molecule has 3 rings (SSSR count). The van der Waals surface area contributed by atoms with Crippen LogP contribution in [0.15, 0.2) is 24.3 Å². The van der Waals surface area contributed by atoms with Crippen LogP contribution < -0.4 is 5.32 Å². The molecule has 2 amide bonds. The Kier molecular flexibility index (Phi) is 5.79. The molecule has 7 heteroatoms. The highest BCUT2D eigenvalue weighted by atomic mass is 32.1. The van der Waals surface area contributed by atoms with Gasteiger partial charge in [-0.05, 0) is 36.3 Å². The topological polar surface area (TPSA) is 86.7 Å². The Hall–Kier alpha value is -2.02. The van der Waals surface area contributed by atoms with Crippen molar-refractivity contribution in [3.8, 4) is 0 Å². The summed E-state index contributed by atoms with van der Waals surface area (Å²) < 4.78 is 0. The average Bonchev–Trinajstić information content (AvgIpc) is 2.76. The molecule has 27 heavy (non-hydrogen) atoms. The third kappa shape index (κ3) is 3.83. The second-order valence-corrected chi connectivity index (χ2v) is 8.26. The number of amides is 2. The second kappa shape index (κ2) is 7.92. The maximum Gasteiger partial charge on any atom is 0.326 e. The van der Waals surface area contributed by atoms with Crippen LogP contribution in [0.1, 0.15) is 50.3 Å². The summed E-state index contributed by atoms with van der Waals surface area (Å²) in [7, 11) is 0. The Bertz CT molecular complexity index is 751. The van der Waals surface area contributed by atoms with E-state index in [0.29, 0.717) is 12.8 Å². The number of carboxylic acids is 1. The Morgan fingerprint density at radius 1 is 1.26 bits per heavy atom. The normalized spacial score (nSPS) is 26.0. The lowest BCUT2D eigenvalue weighted by Crippen LogP contribution is -2.56. The fraction of sp³-hybridized carbons (Fsp3) is 0.550. The number of thiol groups is 1. The van der Waals surface area contributed by atoms with Gasteiger partial charge in [-0.15, -0.1) is 0 Å². The molecule has 1 fully saturated rings. The van der Waals surface area contributed by atoms with Gasteiger partial charge in [0.15, 0.2) is 0 Å². The Morgan fingerprint density at radius 3 is 2.63 bits per heavy atom. The van der Waals surface area contributed by atoms with E-state index in [2.05, 4.69) is 17.9 Å². The largest absolute Gasteiger partial charge is 0.480 e. The number of piperidine rings is 1. The van der Waals surface area contributed by atoms with Gasteiger partial charge in [-0.2, -0.15) is 12.6 Å². The Balaban J connectivity index is 1.98. The number of benzene rings is 1. The van der Waals surface area contributed by atoms with Crippen LogP contribution in [-0.2, 0) is 20.8 Å². The third-order valence-electron chi connectivity index (χ3n) is 5.52. The lowest BCUT2D eigenvalue weighted by atomic mass is 9.89. The first kappa shape index (κ1) is 19.7. The van der Waals surface area contributed by atoms with Gasteiger partial charge in [-0.3, -0.25) is 9.59 Å². The van der Waals surface area contributed by atoms with Crippen molar-refractivity contribution in [1.29, 1.82) is 0 Å². The number of nitrogens with one attached hydrogen (secondary N) is 1. The minimum absolute atomic E-state index is 0.0241. The number of rotatable bonds is 4. The lowest BCUT2D eigenvalue weighted by Gasteiger charge is -2.40. The smallest absolute Gasteiger partial charge is 0.326 e. The van der Waals surface area contributed by atoms with Crippen molar-refractivity contribution in [2.45, 2.75) is 62.9 Å². The molecule has 0 aliphatic carbocycles. The van der Waals surface area contributed by atoms with E-state index in [1.807, 2.05) is 38.1 Å². The van der Waals surface area contributed by atoms with Crippen molar-refractivity contribution >= 4 is 30.4 Å². The number of carboxylic acid groups (broad SMARTS) is 1. The summed E-state index contributed by atoms with van der Waals surface area (Å²) in [5, 5.41) is 12.0. The van der Waals surface area contributed by atoms with Gasteiger partial charge in [0.25, 0.3) is 0 Å². The molecule has 1 aromatic carbocycles. The number of carbonyl (C=O) groups excluding carboxylic acids is 2. The molecule has 2 N–H and O–H groups in total. The van der Waals surface area contributed by atoms with Gasteiger partial charge in [0, 0.05) is 6.42 Å². The van der Waals surface area contributed by atoms with Gasteiger partial charge in [-0.25, -0.2) is 4.79 Å². The summed E-state index contributed by atoms with van der Waals surface area (Å²) in [6, 6.07) is 5.83. The second-order valence-electron chi connectivity index (χ2n) is 7.70. The third-order valence-corrected chi connectivity index (χ3v) is 6.35. The molecule has 0 radical (unpaired) electrons. The number of nitrogens with zero attached hydrogens (tertiary/aromatic N) is 1. The highest BCUT2D eigenvalue weighted by Gasteiger charge is 2.44. The fourth-order valence-electron chi connectivity index (χ4n) is 4.06. The van der Waals surface area contributed by atoms with Gasteiger partial charge in [-0.1, -0.05) is 38.1 Å². The van der Waals surface area contributed by atoms with E-state index >= 15 is 0 Å². The van der Waals surface area contributed by atoms with Gasteiger partial charge in [0.1, 0.15) is 12.1 Å². The molecule has 0 bridgehead atoms.